The minimum atomic E-state index is -0.178. The largest absolute Gasteiger partial charge is 0.326 e. The lowest BCUT2D eigenvalue weighted by atomic mass is 10.1. The van der Waals surface area contributed by atoms with Crippen LogP contribution in [0.25, 0.3) is 0 Å². The Morgan fingerprint density at radius 3 is 2.67 bits per heavy atom. The lowest BCUT2D eigenvalue weighted by Gasteiger charge is -2.21. The first-order valence-electron chi connectivity index (χ1n) is 7.24. The minimum Gasteiger partial charge on any atom is -0.326 e. The number of nitrogens with zero attached hydrogens (tertiary/aromatic N) is 2. The first-order valence-corrected chi connectivity index (χ1v) is 7.24. The van der Waals surface area contributed by atoms with E-state index in [9.17, 15) is 4.39 Å². The molecule has 0 amide bonds. The maximum atomic E-state index is 13.9. The van der Waals surface area contributed by atoms with Gasteiger partial charge in [-0.05, 0) is 37.2 Å². The number of hydrogen-bond donors (Lipinski definition) is 1. The molecule has 0 saturated heterocycles. The average Bonchev–Trinajstić information content (AvgIpc) is 2.48. The van der Waals surface area contributed by atoms with Gasteiger partial charge in [-0.15, -0.1) is 0 Å². The second-order valence-electron chi connectivity index (χ2n) is 5.20. The Bertz CT molecular complexity index is 598. The van der Waals surface area contributed by atoms with Gasteiger partial charge in [-0.3, -0.25) is 9.88 Å². The third-order valence-electron chi connectivity index (χ3n) is 3.52. The second kappa shape index (κ2) is 7.29. The SMILES string of the molecule is CCN(Cc1cccc(C)n1)Cc1cc(CN)ccc1F. The number of rotatable bonds is 6. The molecule has 1 heterocycles. The molecule has 2 rings (SSSR count). The van der Waals surface area contributed by atoms with Crippen molar-refractivity contribution in [3.8, 4) is 0 Å². The number of pyridine rings is 1. The van der Waals surface area contributed by atoms with E-state index in [0.29, 0.717) is 25.2 Å². The van der Waals surface area contributed by atoms with Gasteiger partial charge in [0.2, 0.25) is 0 Å². The summed E-state index contributed by atoms with van der Waals surface area (Å²) in [6, 6.07) is 11.1. The van der Waals surface area contributed by atoms with Crippen molar-refractivity contribution in [2.45, 2.75) is 33.5 Å². The molecular weight excluding hydrogens is 265 g/mol. The van der Waals surface area contributed by atoms with Crippen molar-refractivity contribution in [1.29, 1.82) is 0 Å². The Balaban J connectivity index is 2.12. The maximum absolute atomic E-state index is 13.9. The molecule has 0 bridgehead atoms. The molecule has 0 aliphatic rings. The zero-order chi connectivity index (χ0) is 15.2. The molecule has 2 aromatic rings. The highest BCUT2D eigenvalue weighted by Gasteiger charge is 2.10. The molecule has 0 radical (unpaired) electrons. The summed E-state index contributed by atoms with van der Waals surface area (Å²) in [5, 5.41) is 0. The molecule has 0 saturated carbocycles. The lowest BCUT2D eigenvalue weighted by Crippen LogP contribution is -2.23. The fraction of sp³-hybridized carbons (Fsp3) is 0.353. The summed E-state index contributed by atoms with van der Waals surface area (Å²) in [6.07, 6.45) is 0. The zero-order valence-electron chi connectivity index (χ0n) is 12.6. The number of halogens is 1. The Labute approximate surface area is 125 Å². The summed E-state index contributed by atoms with van der Waals surface area (Å²) >= 11 is 0. The summed E-state index contributed by atoms with van der Waals surface area (Å²) in [4.78, 5) is 6.67. The lowest BCUT2D eigenvalue weighted by molar-refractivity contribution is 0.264. The fourth-order valence-electron chi connectivity index (χ4n) is 2.31. The monoisotopic (exact) mass is 287 g/mol. The van der Waals surface area contributed by atoms with Gasteiger partial charge >= 0.3 is 0 Å². The molecule has 1 aromatic carbocycles. The molecule has 21 heavy (non-hydrogen) atoms. The zero-order valence-corrected chi connectivity index (χ0v) is 12.6. The van der Waals surface area contributed by atoms with Crippen LogP contribution in [-0.2, 0) is 19.6 Å². The number of aryl methyl sites for hydroxylation is 1. The highest BCUT2D eigenvalue weighted by molar-refractivity contribution is 5.25. The predicted molar refractivity (Wildman–Crippen MR) is 83.1 cm³/mol. The first kappa shape index (κ1) is 15.6. The van der Waals surface area contributed by atoms with E-state index in [1.54, 1.807) is 6.07 Å². The van der Waals surface area contributed by atoms with Gasteiger partial charge in [0.15, 0.2) is 0 Å². The third-order valence-corrected chi connectivity index (χ3v) is 3.52. The van der Waals surface area contributed by atoms with E-state index in [1.165, 1.54) is 6.07 Å². The molecule has 4 heteroatoms. The average molecular weight is 287 g/mol. The number of aromatic nitrogens is 1. The van der Waals surface area contributed by atoms with E-state index < -0.39 is 0 Å². The van der Waals surface area contributed by atoms with Gasteiger partial charge in [0.05, 0.1) is 5.69 Å². The topological polar surface area (TPSA) is 42.2 Å². The molecule has 0 atom stereocenters. The van der Waals surface area contributed by atoms with Crippen LogP contribution in [0.2, 0.25) is 0 Å². The standard InChI is InChI=1S/C17H22FN3/c1-3-21(12-16-6-4-5-13(2)20-16)11-15-9-14(10-19)7-8-17(15)18/h4-9H,3,10-12,19H2,1-2H3. The van der Waals surface area contributed by atoms with Crippen LogP contribution in [0.4, 0.5) is 4.39 Å². The summed E-state index contributed by atoms with van der Waals surface area (Å²) < 4.78 is 13.9. The van der Waals surface area contributed by atoms with Crippen LogP contribution in [0.3, 0.4) is 0 Å². The number of benzene rings is 1. The molecule has 0 aliphatic carbocycles. The fourth-order valence-corrected chi connectivity index (χ4v) is 2.31. The van der Waals surface area contributed by atoms with Gasteiger partial charge in [-0.25, -0.2) is 4.39 Å². The van der Waals surface area contributed by atoms with E-state index >= 15 is 0 Å². The first-order chi connectivity index (χ1) is 10.1. The van der Waals surface area contributed by atoms with Gasteiger partial charge in [0.1, 0.15) is 5.82 Å². The quantitative estimate of drug-likeness (QED) is 0.888. The van der Waals surface area contributed by atoms with Gasteiger partial charge < -0.3 is 5.73 Å². The molecule has 2 N–H and O–H groups in total. The van der Waals surface area contributed by atoms with Crippen molar-refractivity contribution in [2.75, 3.05) is 6.54 Å². The summed E-state index contributed by atoms with van der Waals surface area (Å²) in [7, 11) is 0. The minimum absolute atomic E-state index is 0.178. The Morgan fingerprint density at radius 2 is 2.00 bits per heavy atom. The van der Waals surface area contributed by atoms with Crippen molar-refractivity contribution in [2.24, 2.45) is 5.73 Å². The van der Waals surface area contributed by atoms with E-state index in [0.717, 1.165) is 23.5 Å². The number of nitrogens with two attached hydrogens (primary N) is 1. The van der Waals surface area contributed by atoms with Crippen molar-refractivity contribution < 1.29 is 4.39 Å². The summed E-state index contributed by atoms with van der Waals surface area (Å²) in [5.41, 5.74) is 9.28. The van der Waals surface area contributed by atoms with Crippen LogP contribution in [0.5, 0.6) is 0 Å². The molecular formula is C17H22FN3. The van der Waals surface area contributed by atoms with Crippen molar-refractivity contribution >= 4 is 0 Å². The molecule has 0 aliphatic heterocycles. The smallest absolute Gasteiger partial charge is 0.127 e. The van der Waals surface area contributed by atoms with Crippen LogP contribution >= 0.6 is 0 Å². The molecule has 0 unspecified atom stereocenters. The predicted octanol–water partition coefficient (Wildman–Crippen LogP) is 3.01. The third kappa shape index (κ3) is 4.34. The highest BCUT2D eigenvalue weighted by atomic mass is 19.1. The molecule has 0 spiro atoms. The van der Waals surface area contributed by atoms with Crippen molar-refractivity contribution in [1.82, 2.24) is 9.88 Å². The van der Waals surface area contributed by atoms with E-state index in [-0.39, 0.29) is 5.82 Å². The van der Waals surface area contributed by atoms with Crippen LogP contribution in [0, 0.1) is 12.7 Å². The van der Waals surface area contributed by atoms with E-state index in [2.05, 4.69) is 16.8 Å². The van der Waals surface area contributed by atoms with E-state index in [4.69, 9.17) is 5.73 Å². The van der Waals surface area contributed by atoms with Crippen molar-refractivity contribution in [3.05, 3.63) is 64.7 Å². The normalized spacial score (nSPS) is 11.1. The van der Waals surface area contributed by atoms with Gasteiger partial charge in [0.25, 0.3) is 0 Å². The van der Waals surface area contributed by atoms with Crippen LogP contribution < -0.4 is 5.73 Å². The van der Waals surface area contributed by atoms with Gasteiger partial charge in [0, 0.05) is 30.9 Å². The molecule has 3 nitrogen and oxygen atoms in total. The van der Waals surface area contributed by atoms with Crippen LogP contribution in [0.1, 0.15) is 29.4 Å². The second-order valence-corrected chi connectivity index (χ2v) is 5.20. The van der Waals surface area contributed by atoms with Crippen LogP contribution in [-0.4, -0.2) is 16.4 Å². The van der Waals surface area contributed by atoms with E-state index in [1.807, 2.05) is 31.2 Å². The van der Waals surface area contributed by atoms with Crippen molar-refractivity contribution in [3.63, 3.8) is 0 Å². The molecule has 1 aromatic heterocycles. The van der Waals surface area contributed by atoms with Gasteiger partial charge in [-0.1, -0.05) is 25.1 Å². The Kier molecular flexibility index (Phi) is 5.42. The summed E-state index contributed by atoms with van der Waals surface area (Å²) in [6.45, 7) is 6.59. The van der Waals surface area contributed by atoms with Crippen LogP contribution in [0.15, 0.2) is 36.4 Å². The Hall–Kier alpha value is -1.78. The molecule has 0 fully saturated rings. The highest BCUT2D eigenvalue weighted by Crippen LogP contribution is 2.14. The Morgan fingerprint density at radius 1 is 1.19 bits per heavy atom. The maximum Gasteiger partial charge on any atom is 0.127 e. The number of hydrogen-bond acceptors (Lipinski definition) is 3. The van der Waals surface area contributed by atoms with Gasteiger partial charge in [-0.2, -0.15) is 0 Å². The summed E-state index contributed by atoms with van der Waals surface area (Å²) in [5.74, 6) is -0.178. The molecule has 112 valence electrons.